The van der Waals surface area contributed by atoms with E-state index in [4.69, 9.17) is 11.6 Å². The van der Waals surface area contributed by atoms with Gasteiger partial charge in [-0.05, 0) is 42.8 Å². The van der Waals surface area contributed by atoms with E-state index in [-0.39, 0.29) is 17.3 Å². The van der Waals surface area contributed by atoms with Gasteiger partial charge < -0.3 is 10.6 Å². The van der Waals surface area contributed by atoms with Crippen molar-refractivity contribution in [3.05, 3.63) is 53.1 Å². The van der Waals surface area contributed by atoms with Crippen LogP contribution in [0.4, 0.5) is 11.4 Å². The molecule has 0 saturated carbocycles. The number of amides is 1. The molecule has 2 aromatic carbocycles. The van der Waals surface area contributed by atoms with Crippen molar-refractivity contribution < 1.29 is 13.2 Å². The Morgan fingerprint density at radius 3 is 2.44 bits per heavy atom. The van der Waals surface area contributed by atoms with E-state index >= 15 is 0 Å². The van der Waals surface area contributed by atoms with Gasteiger partial charge in [-0.1, -0.05) is 37.6 Å². The molecule has 6 nitrogen and oxygen atoms in total. The Balaban J connectivity index is 2.06. The smallest absolute Gasteiger partial charge is 0.243 e. The summed E-state index contributed by atoms with van der Waals surface area (Å²) in [5.41, 5.74) is 2.11. The first-order valence-electron chi connectivity index (χ1n) is 8.68. The van der Waals surface area contributed by atoms with Crippen LogP contribution in [-0.2, 0) is 14.8 Å². The van der Waals surface area contributed by atoms with Crippen LogP contribution in [0.5, 0.6) is 0 Å². The highest BCUT2D eigenvalue weighted by molar-refractivity contribution is 7.89. The molecule has 27 heavy (non-hydrogen) atoms. The van der Waals surface area contributed by atoms with Crippen molar-refractivity contribution in [1.82, 2.24) is 4.31 Å². The van der Waals surface area contributed by atoms with Gasteiger partial charge in [-0.25, -0.2) is 8.42 Å². The van der Waals surface area contributed by atoms with Crippen molar-refractivity contribution in [2.75, 3.05) is 30.3 Å². The number of nitrogens with zero attached hydrogens (tertiary/aromatic N) is 1. The predicted octanol–water partition coefficient (Wildman–Crippen LogP) is 3.73. The molecule has 0 aliphatic rings. The fourth-order valence-corrected chi connectivity index (χ4v) is 4.40. The van der Waals surface area contributed by atoms with Gasteiger partial charge in [-0.15, -0.1) is 0 Å². The first kappa shape index (κ1) is 21.2. The third-order valence-corrected chi connectivity index (χ3v) is 6.38. The van der Waals surface area contributed by atoms with Gasteiger partial charge in [0.1, 0.15) is 0 Å². The quantitative estimate of drug-likeness (QED) is 0.696. The second-order valence-electron chi connectivity index (χ2n) is 6.00. The number of sulfonamides is 1. The second kappa shape index (κ2) is 9.21. The Morgan fingerprint density at radius 2 is 1.81 bits per heavy atom. The van der Waals surface area contributed by atoms with E-state index in [1.807, 2.05) is 25.1 Å². The lowest BCUT2D eigenvalue weighted by molar-refractivity contribution is -0.114. The molecule has 8 heteroatoms. The minimum Gasteiger partial charge on any atom is -0.375 e. The Hall–Kier alpha value is -2.09. The maximum absolute atomic E-state index is 12.6. The lowest BCUT2D eigenvalue weighted by atomic mass is 10.2. The Labute approximate surface area is 165 Å². The normalized spacial score (nSPS) is 11.4. The molecule has 0 aliphatic heterocycles. The van der Waals surface area contributed by atoms with E-state index in [1.165, 1.54) is 16.4 Å². The number of rotatable bonds is 8. The molecule has 0 saturated heterocycles. The SMILES string of the molecule is CCN(CC)S(=O)(=O)c1cccc(NC(=O)CNc2ccc(C)cc2Cl)c1. The van der Waals surface area contributed by atoms with Crippen molar-refractivity contribution in [2.45, 2.75) is 25.7 Å². The topological polar surface area (TPSA) is 78.5 Å². The lowest BCUT2D eigenvalue weighted by Crippen LogP contribution is -2.30. The van der Waals surface area contributed by atoms with E-state index in [2.05, 4.69) is 10.6 Å². The molecule has 146 valence electrons. The van der Waals surface area contributed by atoms with Crippen LogP contribution in [0.25, 0.3) is 0 Å². The molecule has 0 aliphatic carbocycles. The first-order chi connectivity index (χ1) is 12.8. The van der Waals surface area contributed by atoms with Crippen LogP contribution in [0, 0.1) is 6.92 Å². The fourth-order valence-electron chi connectivity index (χ4n) is 2.59. The highest BCUT2D eigenvalue weighted by atomic mass is 35.5. The summed E-state index contributed by atoms with van der Waals surface area (Å²) in [6, 6.07) is 11.8. The number of halogens is 1. The number of aryl methyl sites for hydroxylation is 1. The molecular weight excluding hydrogens is 386 g/mol. The zero-order valence-electron chi connectivity index (χ0n) is 15.6. The maximum Gasteiger partial charge on any atom is 0.243 e. The van der Waals surface area contributed by atoms with Gasteiger partial charge in [0.05, 0.1) is 22.2 Å². The van der Waals surface area contributed by atoms with Crippen molar-refractivity contribution in [3.63, 3.8) is 0 Å². The van der Waals surface area contributed by atoms with Gasteiger partial charge in [0, 0.05) is 18.8 Å². The van der Waals surface area contributed by atoms with E-state index in [0.29, 0.717) is 29.5 Å². The largest absolute Gasteiger partial charge is 0.375 e. The Bertz CT molecular complexity index is 912. The van der Waals surface area contributed by atoms with Gasteiger partial charge in [-0.3, -0.25) is 4.79 Å². The predicted molar refractivity (Wildman–Crippen MR) is 110 cm³/mol. The highest BCUT2D eigenvalue weighted by Crippen LogP contribution is 2.23. The third kappa shape index (κ3) is 5.45. The summed E-state index contributed by atoms with van der Waals surface area (Å²) >= 11 is 6.14. The van der Waals surface area contributed by atoms with Crippen molar-refractivity contribution in [2.24, 2.45) is 0 Å². The average Bonchev–Trinajstić information content (AvgIpc) is 2.62. The zero-order chi connectivity index (χ0) is 20.0. The number of anilines is 2. The molecule has 0 atom stereocenters. The van der Waals surface area contributed by atoms with Crippen molar-refractivity contribution in [1.29, 1.82) is 0 Å². The minimum absolute atomic E-state index is 0.00973. The van der Waals surface area contributed by atoms with Gasteiger partial charge >= 0.3 is 0 Å². The number of hydrogen-bond acceptors (Lipinski definition) is 4. The third-order valence-electron chi connectivity index (χ3n) is 4.02. The van der Waals surface area contributed by atoms with Crippen LogP contribution in [0.15, 0.2) is 47.4 Å². The highest BCUT2D eigenvalue weighted by Gasteiger charge is 2.21. The molecule has 0 spiro atoms. The van der Waals surface area contributed by atoms with Gasteiger partial charge in [0.15, 0.2) is 0 Å². The molecule has 0 unspecified atom stereocenters. The van der Waals surface area contributed by atoms with E-state index in [0.717, 1.165) is 5.56 Å². The van der Waals surface area contributed by atoms with E-state index in [1.54, 1.807) is 26.0 Å². The molecule has 2 aromatic rings. The lowest BCUT2D eigenvalue weighted by Gasteiger charge is -2.19. The maximum atomic E-state index is 12.6. The van der Waals surface area contributed by atoms with Gasteiger partial charge in [0.2, 0.25) is 15.9 Å². The monoisotopic (exact) mass is 409 g/mol. The van der Waals surface area contributed by atoms with Gasteiger partial charge in [0.25, 0.3) is 0 Å². The molecule has 0 fully saturated rings. The van der Waals surface area contributed by atoms with Crippen LogP contribution < -0.4 is 10.6 Å². The van der Waals surface area contributed by atoms with E-state index in [9.17, 15) is 13.2 Å². The summed E-state index contributed by atoms with van der Waals surface area (Å²) in [7, 11) is -3.58. The summed E-state index contributed by atoms with van der Waals surface area (Å²) < 4.78 is 26.6. The summed E-state index contributed by atoms with van der Waals surface area (Å²) in [6.45, 7) is 6.29. The molecule has 0 radical (unpaired) electrons. The van der Waals surface area contributed by atoms with Crippen molar-refractivity contribution in [3.8, 4) is 0 Å². The molecule has 1 amide bonds. The molecule has 2 rings (SSSR count). The molecular formula is C19H24ClN3O3S. The summed E-state index contributed by atoms with van der Waals surface area (Å²) in [5.74, 6) is -0.302. The van der Waals surface area contributed by atoms with Crippen LogP contribution in [0.1, 0.15) is 19.4 Å². The Morgan fingerprint density at radius 1 is 1.11 bits per heavy atom. The van der Waals surface area contributed by atoms with E-state index < -0.39 is 10.0 Å². The molecule has 0 aromatic heterocycles. The average molecular weight is 410 g/mol. The van der Waals surface area contributed by atoms with Crippen LogP contribution in [0.2, 0.25) is 5.02 Å². The molecule has 0 heterocycles. The zero-order valence-corrected chi connectivity index (χ0v) is 17.2. The first-order valence-corrected chi connectivity index (χ1v) is 10.5. The summed E-state index contributed by atoms with van der Waals surface area (Å²) in [5, 5.41) is 6.21. The number of nitrogens with one attached hydrogen (secondary N) is 2. The summed E-state index contributed by atoms with van der Waals surface area (Å²) in [6.07, 6.45) is 0. The number of carbonyl (C=O) groups is 1. The molecule has 2 N–H and O–H groups in total. The Kier molecular flexibility index (Phi) is 7.24. The number of carbonyl (C=O) groups excluding carboxylic acids is 1. The second-order valence-corrected chi connectivity index (χ2v) is 8.35. The van der Waals surface area contributed by atoms with Gasteiger partial charge in [-0.2, -0.15) is 4.31 Å². The minimum atomic E-state index is -3.58. The van der Waals surface area contributed by atoms with Crippen LogP contribution in [-0.4, -0.2) is 38.3 Å². The fraction of sp³-hybridized carbons (Fsp3) is 0.316. The number of benzene rings is 2. The van der Waals surface area contributed by atoms with Crippen LogP contribution >= 0.6 is 11.6 Å². The summed E-state index contributed by atoms with van der Waals surface area (Å²) in [4.78, 5) is 12.3. The standard InChI is InChI=1S/C19H24ClN3O3S/c1-4-23(5-2)27(25,26)16-8-6-7-15(12-16)22-19(24)13-21-18-10-9-14(3)11-17(18)20/h6-12,21H,4-5,13H2,1-3H3,(H,22,24). The van der Waals surface area contributed by atoms with Crippen molar-refractivity contribution >= 4 is 38.9 Å². The van der Waals surface area contributed by atoms with Crippen LogP contribution in [0.3, 0.4) is 0 Å². The number of hydrogen-bond donors (Lipinski definition) is 2. The molecule has 0 bridgehead atoms.